The zero-order valence-electron chi connectivity index (χ0n) is 6.86. The fourth-order valence-electron chi connectivity index (χ4n) is 0.664. The van der Waals surface area contributed by atoms with Crippen molar-refractivity contribution in [3.8, 4) is 11.8 Å². The first kappa shape index (κ1) is 8.73. The Morgan fingerprint density at radius 3 is 2.83 bits per heavy atom. The van der Waals surface area contributed by atoms with E-state index in [9.17, 15) is 0 Å². The SMILES string of the molecule is CCCOc1cncc(ON)n1. The summed E-state index contributed by atoms with van der Waals surface area (Å²) in [5, 5.41) is 0. The lowest BCUT2D eigenvalue weighted by Crippen LogP contribution is -2.05. The lowest BCUT2D eigenvalue weighted by molar-refractivity contribution is 0.282. The standard InChI is InChI=1S/C7H11N3O2/c1-2-3-11-6-4-9-5-7(10-6)12-8/h4-5H,2-3,8H2,1H3. The average Bonchev–Trinajstić information content (AvgIpc) is 2.15. The third-order valence-corrected chi connectivity index (χ3v) is 1.17. The minimum Gasteiger partial charge on any atom is -0.477 e. The van der Waals surface area contributed by atoms with Crippen LogP contribution in [0.5, 0.6) is 11.8 Å². The molecule has 1 heterocycles. The largest absolute Gasteiger partial charge is 0.477 e. The number of aromatic nitrogens is 2. The monoisotopic (exact) mass is 169 g/mol. The third kappa shape index (κ3) is 2.35. The van der Waals surface area contributed by atoms with E-state index in [2.05, 4.69) is 14.8 Å². The van der Waals surface area contributed by atoms with E-state index in [4.69, 9.17) is 10.6 Å². The first-order chi connectivity index (χ1) is 5.86. The summed E-state index contributed by atoms with van der Waals surface area (Å²) in [5.41, 5.74) is 0. The number of nitrogens with two attached hydrogens (primary N) is 1. The van der Waals surface area contributed by atoms with Crippen LogP contribution in [0.4, 0.5) is 0 Å². The van der Waals surface area contributed by atoms with Gasteiger partial charge in [-0.15, -0.1) is 0 Å². The maximum absolute atomic E-state index is 5.19. The Bertz CT molecular complexity index is 242. The Hall–Kier alpha value is -1.36. The zero-order valence-corrected chi connectivity index (χ0v) is 6.86. The van der Waals surface area contributed by atoms with E-state index in [1.807, 2.05) is 6.92 Å². The molecule has 0 radical (unpaired) electrons. The lowest BCUT2D eigenvalue weighted by atomic mass is 10.5. The first-order valence-electron chi connectivity index (χ1n) is 3.68. The molecule has 0 bridgehead atoms. The second kappa shape index (κ2) is 4.50. The Kier molecular flexibility index (Phi) is 3.28. The van der Waals surface area contributed by atoms with Gasteiger partial charge >= 0.3 is 0 Å². The normalized spacial score (nSPS) is 9.50. The predicted molar refractivity (Wildman–Crippen MR) is 42.6 cm³/mol. The molecule has 0 unspecified atom stereocenters. The van der Waals surface area contributed by atoms with Crippen LogP contribution in [0.3, 0.4) is 0 Å². The molecule has 0 aliphatic heterocycles. The highest BCUT2D eigenvalue weighted by Crippen LogP contribution is 2.09. The van der Waals surface area contributed by atoms with Gasteiger partial charge in [0.25, 0.3) is 5.88 Å². The van der Waals surface area contributed by atoms with Crippen molar-refractivity contribution in [1.82, 2.24) is 9.97 Å². The van der Waals surface area contributed by atoms with E-state index in [0.717, 1.165) is 6.42 Å². The molecular formula is C7H11N3O2. The minimum absolute atomic E-state index is 0.253. The Morgan fingerprint density at radius 2 is 2.17 bits per heavy atom. The fourth-order valence-corrected chi connectivity index (χ4v) is 0.664. The number of ether oxygens (including phenoxy) is 1. The molecule has 0 atom stereocenters. The van der Waals surface area contributed by atoms with E-state index in [0.29, 0.717) is 12.5 Å². The van der Waals surface area contributed by atoms with Gasteiger partial charge in [-0.25, -0.2) is 0 Å². The molecule has 1 aromatic rings. The predicted octanol–water partition coefficient (Wildman–Crippen LogP) is 0.518. The summed E-state index contributed by atoms with van der Waals surface area (Å²) < 4.78 is 5.19. The first-order valence-corrected chi connectivity index (χ1v) is 3.68. The number of hydrogen-bond donors (Lipinski definition) is 1. The highest BCUT2D eigenvalue weighted by Gasteiger charge is 1.97. The Morgan fingerprint density at radius 1 is 1.42 bits per heavy atom. The van der Waals surface area contributed by atoms with Crippen LogP contribution >= 0.6 is 0 Å². The van der Waals surface area contributed by atoms with Gasteiger partial charge in [0, 0.05) is 0 Å². The molecule has 66 valence electrons. The summed E-state index contributed by atoms with van der Waals surface area (Å²) >= 11 is 0. The molecule has 2 N–H and O–H groups in total. The quantitative estimate of drug-likeness (QED) is 0.665. The van der Waals surface area contributed by atoms with Gasteiger partial charge in [0.15, 0.2) is 0 Å². The molecule has 0 saturated heterocycles. The highest BCUT2D eigenvalue weighted by atomic mass is 16.6. The van der Waals surface area contributed by atoms with Crippen LogP contribution in [-0.4, -0.2) is 16.6 Å². The summed E-state index contributed by atoms with van der Waals surface area (Å²) in [6, 6.07) is 0. The second-order valence-electron chi connectivity index (χ2n) is 2.16. The lowest BCUT2D eigenvalue weighted by Gasteiger charge is -2.02. The summed E-state index contributed by atoms with van der Waals surface area (Å²) in [5.74, 6) is 5.57. The smallest absolute Gasteiger partial charge is 0.259 e. The zero-order chi connectivity index (χ0) is 8.81. The molecule has 5 nitrogen and oxygen atoms in total. The van der Waals surface area contributed by atoms with Crippen molar-refractivity contribution in [3.05, 3.63) is 12.4 Å². The van der Waals surface area contributed by atoms with Crippen LogP contribution < -0.4 is 15.5 Å². The van der Waals surface area contributed by atoms with Crippen molar-refractivity contribution in [1.29, 1.82) is 0 Å². The average molecular weight is 169 g/mol. The molecule has 0 aliphatic carbocycles. The molecule has 5 heteroatoms. The van der Waals surface area contributed by atoms with Crippen LogP contribution in [0, 0.1) is 0 Å². The molecule has 1 aromatic heterocycles. The van der Waals surface area contributed by atoms with Crippen LogP contribution in [0.15, 0.2) is 12.4 Å². The van der Waals surface area contributed by atoms with Crippen LogP contribution in [-0.2, 0) is 0 Å². The van der Waals surface area contributed by atoms with Gasteiger partial charge in [0.05, 0.1) is 19.0 Å². The summed E-state index contributed by atoms with van der Waals surface area (Å²) in [4.78, 5) is 12.1. The van der Waals surface area contributed by atoms with E-state index in [-0.39, 0.29) is 5.88 Å². The van der Waals surface area contributed by atoms with Crippen molar-refractivity contribution in [2.45, 2.75) is 13.3 Å². The van der Waals surface area contributed by atoms with Gasteiger partial charge in [-0.1, -0.05) is 6.92 Å². The number of hydrogen-bond acceptors (Lipinski definition) is 5. The van der Waals surface area contributed by atoms with Gasteiger partial charge in [-0.05, 0) is 6.42 Å². The van der Waals surface area contributed by atoms with Crippen LogP contribution in [0.2, 0.25) is 0 Å². The van der Waals surface area contributed by atoms with Gasteiger partial charge in [-0.3, -0.25) is 4.98 Å². The Balaban J connectivity index is 2.60. The summed E-state index contributed by atoms with van der Waals surface area (Å²) in [7, 11) is 0. The molecule has 12 heavy (non-hydrogen) atoms. The van der Waals surface area contributed by atoms with Crippen molar-refractivity contribution in [2.24, 2.45) is 5.90 Å². The van der Waals surface area contributed by atoms with Crippen LogP contribution in [0.1, 0.15) is 13.3 Å². The van der Waals surface area contributed by atoms with Gasteiger partial charge in [-0.2, -0.15) is 10.9 Å². The maximum atomic E-state index is 5.19. The maximum Gasteiger partial charge on any atom is 0.259 e. The minimum atomic E-state index is 0.253. The van der Waals surface area contributed by atoms with E-state index < -0.39 is 0 Å². The van der Waals surface area contributed by atoms with Crippen LogP contribution in [0.25, 0.3) is 0 Å². The second-order valence-corrected chi connectivity index (χ2v) is 2.16. The van der Waals surface area contributed by atoms with Crippen molar-refractivity contribution < 1.29 is 9.57 Å². The summed E-state index contributed by atoms with van der Waals surface area (Å²) in [6.45, 7) is 2.62. The molecule has 1 rings (SSSR count). The highest BCUT2D eigenvalue weighted by molar-refractivity contribution is 5.11. The van der Waals surface area contributed by atoms with Crippen molar-refractivity contribution >= 4 is 0 Å². The third-order valence-electron chi connectivity index (χ3n) is 1.17. The fraction of sp³-hybridized carbons (Fsp3) is 0.429. The van der Waals surface area contributed by atoms with Gasteiger partial charge < -0.3 is 9.57 Å². The molecule has 0 amide bonds. The van der Waals surface area contributed by atoms with Gasteiger partial charge in [0.2, 0.25) is 5.88 Å². The molecule has 0 fully saturated rings. The Labute approximate surface area is 70.5 Å². The summed E-state index contributed by atoms with van der Waals surface area (Å²) in [6.07, 6.45) is 3.85. The van der Waals surface area contributed by atoms with Crippen molar-refractivity contribution in [3.63, 3.8) is 0 Å². The van der Waals surface area contributed by atoms with E-state index >= 15 is 0 Å². The van der Waals surface area contributed by atoms with Gasteiger partial charge in [0.1, 0.15) is 0 Å². The molecule has 0 aromatic carbocycles. The van der Waals surface area contributed by atoms with E-state index in [1.54, 1.807) is 0 Å². The molecule has 0 aliphatic rings. The molecule has 0 spiro atoms. The van der Waals surface area contributed by atoms with E-state index in [1.165, 1.54) is 12.4 Å². The van der Waals surface area contributed by atoms with Crippen molar-refractivity contribution in [2.75, 3.05) is 6.61 Å². The number of rotatable bonds is 4. The molecular weight excluding hydrogens is 158 g/mol. The number of nitrogens with zero attached hydrogens (tertiary/aromatic N) is 2. The topological polar surface area (TPSA) is 70.3 Å². The molecule has 0 saturated carbocycles.